The molecule has 2 aliphatic heterocycles. The zero-order valence-corrected chi connectivity index (χ0v) is 14.8. The Kier molecular flexibility index (Phi) is 5.25. The zero-order valence-electron chi connectivity index (χ0n) is 14.8. The lowest BCUT2D eigenvalue weighted by atomic mass is 9.88. The number of hydrogen-bond acceptors (Lipinski definition) is 3. The van der Waals surface area contributed by atoms with Gasteiger partial charge in [-0.25, -0.2) is 4.39 Å². The minimum Gasteiger partial charge on any atom is -0.496 e. The SMILES string of the molecule is COc1ccc(F)cc1C(=O)N1CC[C@@H]2[C@H](CCCCN2C(C)=O)C1. The molecule has 25 heavy (non-hydrogen) atoms. The number of likely N-dealkylation sites (tertiary alicyclic amines) is 2. The van der Waals surface area contributed by atoms with E-state index in [1.807, 2.05) is 4.90 Å². The molecule has 2 amide bonds. The highest BCUT2D eigenvalue weighted by atomic mass is 19.1. The van der Waals surface area contributed by atoms with Crippen molar-refractivity contribution in [3.8, 4) is 5.75 Å². The fourth-order valence-corrected chi connectivity index (χ4v) is 4.16. The van der Waals surface area contributed by atoms with Gasteiger partial charge in [-0.2, -0.15) is 0 Å². The summed E-state index contributed by atoms with van der Waals surface area (Å²) >= 11 is 0. The first-order valence-electron chi connectivity index (χ1n) is 8.91. The largest absolute Gasteiger partial charge is 0.496 e. The van der Waals surface area contributed by atoms with Crippen LogP contribution in [0, 0.1) is 11.7 Å². The molecule has 2 fully saturated rings. The molecule has 1 aromatic rings. The minimum atomic E-state index is -0.448. The first-order chi connectivity index (χ1) is 12.0. The normalized spacial score (nSPS) is 23.6. The van der Waals surface area contributed by atoms with Crippen LogP contribution >= 0.6 is 0 Å². The summed E-state index contributed by atoms with van der Waals surface area (Å²) in [6.07, 6.45) is 3.86. The maximum atomic E-state index is 13.6. The standard InChI is InChI=1S/C19H25FN2O3/c1-13(23)22-9-4-3-5-14-12-21(10-8-17(14)22)19(24)16-11-15(20)6-7-18(16)25-2/h6-7,11,14,17H,3-5,8-10,12H2,1-2H3/t14-,17-/m1/s1. The zero-order chi connectivity index (χ0) is 18.0. The number of ether oxygens (including phenoxy) is 1. The van der Waals surface area contributed by atoms with E-state index in [4.69, 9.17) is 4.74 Å². The van der Waals surface area contributed by atoms with E-state index in [1.165, 1.54) is 25.3 Å². The van der Waals surface area contributed by atoms with Crippen molar-refractivity contribution in [1.29, 1.82) is 0 Å². The van der Waals surface area contributed by atoms with Gasteiger partial charge in [0.05, 0.1) is 12.7 Å². The number of benzene rings is 1. The monoisotopic (exact) mass is 348 g/mol. The summed E-state index contributed by atoms with van der Waals surface area (Å²) in [5, 5.41) is 0. The Morgan fingerprint density at radius 3 is 2.72 bits per heavy atom. The molecule has 2 aliphatic rings. The molecule has 0 unspecified atom stereocenters. The highest BCUT2D eigenvalue weighted by molar-refractivity contribution is 5.97. The topological polar surface area (TPSA) is 49.9 Å². The molecule has 0 bridgehead atoms. The van der Waals surface area contributed by atoms with Crippen LogP contribution < -0.4 is 4.74 Å². The Morgan fingerprint density at radius 1 is 1.20 bits per heavy atom. The van der Waals surface area contributed by atoms with E-state index in [9.17, 15) is 14.0 Å². The van der Waals surface area contributed by atoms with E-state index in [0.717, 1.165) is 32.2 Å². The van der Waals surface area contributed by atoms with Gasteiger partial charge >= 0.3 is 0 Å². The molecule has 2 heterocycles. The summed E-state index contributed by atoms with van der Waals surface area (Å²) < 4.78 is 18.8. The van der Waals surface area contributed by atoms with Crippen LogP contribution in [0.1, 0.15) is 43.0 Å². The van der Waals surface area contributed by atoms with Gasteiger partial charge in [0.15, 0.2) is 0 Å². The summed E-state index contributed by atoms with van der Waals surface area (Å²) in [4.78, 5) is 28.6. The van der Waals surface area contributed by atoms with E-state index < -0.39 is 5.82 Å². The van der Waals surface area contributed by atoms with Gasteiger partial charge in [0.2, 0.25) is 5.91 Å². The van der Waals surface area contributed by atoms with Crippen LogP contribution in [0.2, 0.25) is 0 Å². The molecular weight excluding hydrogens is 323 g/mol. The molecule has 6 heteroatoms. The number of carbonyl (C=O) groups is 2. The van der Waals surface area contributed by atoms with Gasteiger partial charge in [-0.1, -0.05) is 6.42 Å². The highest BCUT2D eigenvalue weighted by Crippen LogP contribution is 2.31. The predicted molar refractivity (Wildman–Crippen MR) is 92.0 cm³/mol. The smallest absolute Gasteiger partial charge is 0.257 e. The van der Waals surface area contributed by atoms with Crippen molar-refractivity contribution in [3.63, 3.8) is 0 Å². The second kappa shape index (κ2) is 7.42. The van der Waals surface area contributed by atoms with Gasteiger partial charge in [0.1, 0.15) is 11.6 Å². The molecule has 5 nitrogen and oxygen atoms in total. The lowest BCUT2D eigenvalue weighted by molar-refractivity contribution is -0.132. The van der Waals surface area contributed by atoms with Crippen molar-refractivity contribution in [3.05, 3.63) is 29.6 Å². The van der Waals surface area contributed by atoms with Crippen LogP contribution in [0.5, 0.6) is 5.75 Å². The van der Waals surface area contributed by atoms with Gasteiger partial charge < -0.3 is 14.5 Å². The number of amides is 2. The fraction of sp³-hybridized carbons (Fsp3) is 0.579. The Morgan fingerprint density at radius 2 is 2.00 bits per heavy atom. The molecule has 0 aliphatic carbocycles. The van der Waals surface area contributed by atoms with Crippen LogP contribution in [0.3, 0.4) is 0 Å². The quantitative estimate of drug-likeness (QED) is 0.826. The second-order valence-electron chi connectivity index (χ2n) is 6.92. The van der Waals surface area contributed by atoms with Crippen LogP contribution in [0.15, 0.2) is 18.2 Å². The number of methoxy groups -OCH3 is 1. The lowest BCUT2D eigenvalue weighted by Crippen LogP contribution is -2.53. The molecule has 3 rings (SSSR count). The Bertz CT molecular complexity index is 664. The predicted octanol–water partition coefficient (Wildman–Crippen LogP) is 2.70. The second-order valence-corrected chi connectivity index (χ2v) is 6.92. The van der Waals surface area contributed by atoms with Crippen LogP contribution in [-0.4, -0.2) is 54.4 Å². The number of halogens is 1. The number of hydrogen-bond donors (Lipinski definition) is 0. The molecule has 0 spiro atoms. The van der Waals surface area contributed by atoms with E-state index in [1.54, 1.807) is 11.8 Å². The van der Waals surface area contributed by atoms with Crippen molar-refractivity contribution in [2.24, 2.45) is 5.92 Å². The fourth-order valence-electron chi connectivity index (χ4n) is 4.16. The first kappa shape index (κ1) is 17.7. The average Bonchev–Trinajstić information content (AvgIpc) is 2.82. The van der Waals surface area contributed by atoms with Crippen molar-refractivity contribution in [1.82, 2.24) is 9.80 Å². The van der Waals surface area contributed by atoms with Gasteiger partial charge in [-0.3, -0.25) is 9.59 Å². The Balaban J connectivity index is 1.79. The summed E-state index contributed by atoms with van der Waals surface area (Å²) in [7, 11) is 1.48. The molecule has 0 aromatic heterocycles. The third-order valence-corrected chi connectivity index (χ3v) is 5.40. The number of rotatable bonds is 2. The lowest BCUT2D eigenvalue weighted by Gasteiger charge is -2.42. The maximum absolute atomic E-state index is 13.6. The summed E-state index contributed by atoms with van der Waals surface area (Å²) in [5.74, 6) is 0.136. The molecule has 2 atom stereocenters. The Hall–Kier alpha value is -2.11. The number of piperidine rings is 1. The number of carbonyl (C=O) groups excluding carboxylic acids is 2. The number of nitrogens with zero attached hydrogens (tertiary/aromatic N) is 2. The van der Waals surface area contributed by atoms with Crippen LogP contribution in [-0.2, 0) is 4.79 Å². The minimum absolute atomic E-state index is 0.114. The van der Waals surface area contributed by atoms with Crippen molar-refractivity contribution in [2.75, 3.05) is 26.7 Å². The first-order valence-corrected chi connectivity index (χ1v) is 8.91. The van der Waals surface area contributed by atoms with Crippen LogP contribution in [0.4, 0.5) is 4.39 Å². The van der Waals surface area contributed by atoms with Crippen LogP contribution in [0.25, 0.3) is 0 Å². The summed E-state index contributed by atoms with van der Waals surface area (Å²) in [6, 6.07) is 4.22. The summed E-state index contributed by atoms with van der Waals surface area (Å²) in [6.45, 7) is 3.61. The molecular formula is C19H25FN2O3. The van der Waals surface area contributed by atoms with E-state index in [2.05, 4.69) is 0 Å². The average molecular weight is 348 g/mol. The molecule has 2 saturated heterocycles. The highest BCUT2D eigenvalue weighted by Gasteiger charge is 2.37. The Labute approximate surface area is 147 Å². The van der Waals surface area contributed by atoms with Gasteiger partial charge in [-0.05, 0) is 43.4 Å². The van der Waals surface area contributed by atoms with Gasteiger partial charge in [-0.15, -0.1) is 0 Å². The third-order valence-electron chi connectivity index (χ3n) is 5.40. The third kappa shape index (κ3) is 3.62. The molecule has 0 radical (unpaired) electrons. The molecule has 0 N–H and O–H groups in total. The molecule has 1 aromatic carbocycles. The van der Waals surface area contributed by atoms with Crippen molar-refractivity contribution < 1.29 is 18.7 Å². The molecule has 0 saturated carbocycles. The van der Waals surface area contributed by atoms with Gasteiger partial charge in [0.25, 0.3) is 5.91 Å². The van der Waals surface area contributed by atoms with E-state index in [0.29, 0.717) is 18.8 Å². The maximum Gasteiger partial charge on any atom is 0.257 e. The van der Waals surface area contributed by atoms with Crippen molar-refractivity contribution in [2.45, 2.75) is 38.6 Å². The van der Waals surface area contributed by atoms with E-state index in [-0.39, 0.29) is 29.3 Å². The number of fused-ring (bicyclic) bond motifs is 1. The summed E-state index contributed by atoms with van der Waals surface area (Å²) in [5.41, 5.74) is 0.262. The van der Waals surface area contributed by atoms with Gasteiger partial charge in [0, 0.05) is 32.6 Å². The van der Waals surface area contributed by atoms with Crippen molar-refractivity contribution >= 4 is 11.8 Å². The molecule has 136 valence electrons. The van der Waals surface area contributed by atoms with E-state index >= 15 is 0 Å².